The third-order valence-electron chi connectivity index (χ3n) is 9.42. The molecule has 6 heterocycles. The van der Waals surface area contributed by atoms with Crippen molar-refractivity contribution in [1.29, 1.82) is 0 Å². The largest absolute Gasteiger partial charge is 0.378 e. The summed E-state index contributed by atoms with van der Waals surface area (Å²) in [5.41, 5.74) is 4.56. The molecule has 0 radical (unpaired) electrons. The zero-order valence-electron chi connectivity index (χ0n) is 27.5. The standard InChI is InChI=1S/C36H42FN9O3/c37-30(10-15-44-12-1-2-13-44)35(47)42-28-4-3-14-45(23-28)22-25-9-11-38-32(20-25)36(48)41-27-7-5-26(6-8-27)31-21-29-33(43-31)39-24-40-34(29)46-16-18-49-19-17-46/h5-11,20-21,24,28H,1-4,12-19,22-23H2,(H,41,48)(H,42,47)(H,39,40,43)/b30-10-. The first kappa shape index (κ1) is 32.8. The summed E-state index contributed by atoms with van der Waals surface area (Å²) in [4.78, 5) is 48.9. The van der Waals surface area contributed by atoms with Crippen molar-refractivity contribution < 1.29 is 18.7 Å². The van der Waals surface area contributed by atoms with Gasteiger partial charge in [-0.2, -0.15) is 0 Å². The van der Waals surface area contributed by atoms with Crippen LogP contribution in [-0.4, -0.2) is 107 Å². The quantitative estimate of drug-likeness (QED) is 0.214. The molecule has 7 rings (SSSR count). The van der Waals surface area contributed by atoms with Gasteiger partial charge in [0.05, 0.1) is 18.6 Å². The van der Waals surface area contributed by atoms with Crippen molar-refractivity contribution in [2.45, 2.75) is 38.3 Å². The number of nitrogens with zero attached hydrogens (tertiary/aromatic N) is 6. The molecule has 1 aromatic carbocycles. The van der Waals surface area contributed by atoms with Gasteiger partial charge in [-0.05, 0) is 92.9 Å². The molecule has 3 saturated heterocycles. The van der Waals surface area contributed by atoms with Crippen LogP contribution in [0.15, 0.2) is 66.9 Å². The fourth-order valence-electron chi connectivity index (χ4n) is 6.83. The van der Waals surface area contributed by atoms with E-state index in [9.17, 15) is 14.0 Å². The van der Waals surface area contributed by atoms with Gasteiger partial charge in [0, 0.05) is 56.3 Å². The second kappa shape index (κ2) is 15.2. The molecular weight excluding hydrogens is 625 g/mol. The second-order valence-electron chi connectivity index (χ2n) is 12.9. The number of carbonyl (C=O) groups is 2. The van der Waals surface area contributed by atoms with E-state index in [-0.39, 0.29) is 11.9 Å². The van der Waals surface area contributed by atoms with Crippen LogP contribution in [0.3, 0.4) is 0 Å². The normalized spacial score (nSPS) is 19.3. The van der Waals surface area contributed by atoms with Gasteiger partial charge in [0.1, 0.15) is 23.5 Å². The summed E-state index contributed by atoms with van der Waals surface area (Å²) in [6.45, 7) is 7.37. The van der Waals surface area contributed by atoms with E-state index in [1.54, 1.807) is 18.6 Å². The van der Waals surface area contributed by atoms with Gasteiger partial charge in [0.2, 0.25) is 0 Å². The van der Waals surface area contributed by atoms with Crippen molar-refractivity contribution >= 4 is 34.4 Å². The predicted molar refractivity (Wildman–Crippen MR) is 186 cm³/mol. The fraction of sp³-hybridized carbons (Fsp3) is 0.417. The van der Waals surface area contributed by atoms with E-state index >= 15 is 0 Å². The lowest BCUT2D eigenvalue weighted by atomic mass is 10.0. The Morgan fingerprint density at radius 2 is 1.76 bits per heavy atom. The number of hydrogen-bond acceptors (Lipinski definition) is 9. The highest BCUT2D eigenvalue weighted by atomic mass is 19.1. The van der Waals surface area contributed by atoms with Crippen molar-refractivity contribution in [3.05, 3.63) is 78.1 Å². The molecule has 12 nitrogen and oxygen atoms in total. The minimum atomic E-state index is -0.714. The Hall–Kier alpha value is -4.72. The number of morpholine rings is 1. The first-order chi connectivity index (χ1) is 24.0. The minimum absolute atomic E-state index is 0.135. The summed E-state index contributed by atoms with van der Waals surface area (Å²) in [5.74, 6) is -0.761. The third-order valence-corrected chi connectivity index (χ3v) is 9.42. The summed E-state index contributed by atoms with van der Waals surface area (Å²) in [6, 6.07) is 13.2. The van der Waals surface area contributed by atoms with Crippen LogP contribution >= 0.6 is 0 Å². The van der Waals surface area contributed by atoms with E-state index < -0.39 is 11.7 Å². The number of nitrogens with one attached hydrogen (secondary N) is 3. The molecule has 0 aliphatic carbocycles. The number of halogens is 1. The van der Waals surface area contributed by atoms with Crippen molar-refractivity contribution in [3.63, 3.8) is 0 Å². The molecule has 256 valence electrons. The average Bonchev–Trinajstić information content (AvgIpc) is 3.82. The predicted octanol–water partition coefficient (Wildman–Crippen LogP) is 4.14. The molecule has 1 atom stereocenters. The zero-order chi connectivity index (χ0) is 33.6. The molecule has 3 aliphatic rings. The Kier molecular flexibility index (Phi) is 10.2. The van der Waals surface area contributed by atoms with Crippen molar-refractivity contribution in [3.8, 4) is 11.3 Å². The Morgan fingerprint density at radius 3 is 2.57 bits per heavy atom. The van der Waals surface area contributed by atoms with Crippen LogP contribution in [0.25, 0.3) is 22.3 Å². The van der Waals surface area contributed by atoms with Crippen LogP contribution in [0.2, 0.25) is 0 Å². The molecular formula is C36H42FN9O3. The van der Waals surface area contributed by atoms with Crippen LogP contribution in [0, 0.1) is 0 Å². The summed E-state index contributed by atoms with van der Waals surface area (Å²) in [5, 5.41) is 6.79. The molecule has 0 spiro atoms. The first-order valence-corrected chi connectivity index (χ1v) is 17.1. The highest BCUT2D eigenvalue weighted by molar-refractivity contribution is 6.03. The SMILES string of the molecule is O=C(NC1CCCN(Cc2ccnc(C(=O)Nc3ccc(-c4cc5c(N6CCOCC6)ncnc5[nH]4)cc3)c2)C1)/C(F)=C/CN1CCCC1. The molecule has 2 amide bonds. The Balaban J connectivity index is 0.935. The van der Waals surface area contributed by atoms with Crippen LogP contribution < -0.4 is 15.5 Å². The van der Waals surface area contributed by atoms with Gasteiger partial charge < -0.3 is 25.3 Å². The topological polar surface area (TPSA) is 132 Å². The van der Waals surface area contributed by atoms with Gasteiger partial charge in [0.15, 0.2) is 5.83 Å². The molecule has 49 heavy (non-hydrogen) atoms. The number of anilines is 2. The molecule has 0 bridgehead atoms. The number of piperidine rings is 1. The van der Waals surface area contributed by atoms with E-state index in [0.29, 0.717) is 44.2 Å². The summed E-state index contributed by atoms with van der Waals surface area (Å²) < 4.78 is 20.0. The van der Waals surface area contributed by atoms with E-state index in [4.69, 9.17) is 4.74 Å². The van der Waals surface area contributed by atoms with Crippen LogP contribution in [0.1, 0.15) is 41.7 Å². The van der Waals surface area contributed by atoms with Crippen LogP contribution in [0.5, 0.6) is 0 Å². The number of pyridine rings is 1. The lowest BCUT2D eigenvalue weighted by Crippen LogP contribution is -2.47. The number of carbonyl (C=O) groups excluding carboxylic acids is 2. The molecule has 3 fully saturated rings. The van der Waals surface area contributed by atoms with E-state index in [1.165, 1.54) is 6.08 Å². The van der Waals surface area contributed by atoms with Crippen LogP contribution in [-0.2, 0) is 16.1 Å². The van der Waals surface area contributed by atoms with E-state index in [0.717, 1.165) is 92.1 Å². The smallest absolute Gasteiger partial charge is 0.279 e. The average molecular weight is 668 g/mol. The maximum absolute atomic E-state index is 14.5. The van der Waals surface area contributed by atoms with Crippen molar-refractivity contribution in [1.82, 2.24) is 35.1 Å². The molecule has 1 unspecified atom stereocenters. The van der Waals surface area contributed by atoms with Gasteiger partial charge in [-0.1, -0.05) is 12.1 Å². The Labute approximate surface area is 284 Å². The monoisotopic (exact) mass is 667 g/mol. The number of ether oxygens (including phenoxy) is 1. The second-order valence-corrected chi connectivity index (χ2v) is 12.9. The number of fused-ring (bicyclic) bond motifs is 1. The molecule has 3 N–H and O–H groups in total. The van der Waals surface area contributed by atoms with E-state index in [1.807, 2.05) is 30.3 Å². The molecule has 0 saturated carbocycles. The summed E-state index contributed by atoms with van der Waals surface area (Å²) in [7, 11) is 0. The first-order valence-electron chi connectivity index (χ1n) is 17.1. The number of amides is 2. The van der Waals surface area contributed by atoms with Crippen LogP contribution in [0.4, 0.5) is 15.9 Å². The van der Waals surface area contributed by atoms with Crippen molar-refractivity contribution in [2.24, 2.45) is 0 Å². The lowest BCUT2D eigenvalue weighted by Gasteiger charge is -2.33. The lowest BCUT2D eigenvalue weighted by molar-refractivity contribution is -0.120. The fourth-order valence-corrected chi connectivity index (χ4v) is 6.83. The number of aromatic nitrogens is 4. The number of aromatic amines is 1. The third kappa shape index (κ3) is 8.12. The number of benzene rings is 1. The molecule has 4 aromatic rings. The van der Waals surface area contributed by atoms with E-state index in [2.05, 4.69) is 51.3 Å². The summed E-state index contributed by atoms with van der Waals surface area (Å²) >= 11 is 0. The maximum atomic E-state index is 14.5. The number of likely N-dealkylation sites (tertiary alicyclic amines) is 2. The van der Waals surface area contributed by atoms with Gasteiger partial charge in [0.25, 0.3) is 11.8 Å². The Bertz CT molecular complexity index is 1800. The van der Waals surface area contributed by atoms with Gasteiger partial charge in [-0.3, -0.25) is 24.4 Å². The highest BCUT2D eigenvalue weighted by Crippen LogP contribution is 2.30. The molecule has 13 heteroatoms. The number of hydrogen-bond donors (Lipinski definition) is 3. The highest BCUT2D eigenvalue weighted by Gasteiger charge is 2.24. The number of rotatable bonds is 10. The Morgan fingerprint density at radius 1 is 0.959 bits per heavy atom. The number of H-pyrrole nitrogens is 1. The zero-order valence-corrected chi connectivity index (χ0v) is 27.5. The molecule has 3 aromatic heterocycles. The minimum Gasteiger partial charge on any atom is -0.378 e. The maximum Gasteiger partial charge on any atom is 0.279 e. The van der Waals surface area contributed by atoms with Crippen molar-refractivity contribution in [2.75, 3.05) is 69.2 Å². The van der Waals surface area contributed by atoms with Gasteiger partial charge in [-0.15, -0.1) is 0 Å². The summed E-state index contributed by atoms with van der Waals surface area (Å²) in [6.07, 6.45) is 8.54. The van der Waals surface area contributed by atoms with Gasteiger partial charge >= 0.3 is 0 Å². The van der Waals surface area contributed by atoms with Gasteiger partial charge in [-0.25, -0.2) is 14.4 Å². The molecule has 3 aliphatic heterocycles.